The third-order valence-electron chi connectivity index (χ3n) is 1.88. The molecule has 0 aromatic carbocycles. The molecule has 2 N–H and O–H groups in total. The van der Waals surface area contributed by atoms with Crippen molar-refractivity contribution in [3.8, 4) is 0 Å². The minimum atomic E-state index is 0.740. The molecule has 0 radical (unpaired) electrons. The standard InChI is InChI=1S/C10H16N2O/c1-13-5-3-2-4-9-6-10(11)8-12-7-9/h6-8H,2-5,11H2,1H3. The van der Waals surface area contributed by atoms with Crippen molar-refractivity contribution in [1.29, 1.82) is 0 Å². The molecule has 3 nitrogen and oxygen atoms in total. The molecule has 0 spiro atoms. The van der Waals surface area contributed by atoms with E-state index in [-0.39, 0.29) is 0 Å². The second-order valence-corrected chi connectivity index (χ2v) is 3.08. The zero-order chi connectivity index (χ0) is 9.52. The minimum absolute atomic E-state index is 0.740. The molecular formula is C10H16N2O. The van der Waals surface area contributed by atoms with Crippen LogP contribution in [0.5, 0.6) is 0 Å². The Balaban J connectivity index is 2.28. The Kier molecular flexibility index (Phi) is 4.26. The van der Waals surface area contributed by atoms with Crippen LogP contribution in [-0.2, 0) is 11.2 Å². The smallest absolute Gasteiger partial charge is 0.0503 e. The van der Waals surface area contributed by atoms with Crippen LogP contribution in [0.2, 0.25) is 0 Å². The van der Waals surface area contributed by atoms with Crippen LogP contribution in [0.1, 0.15) is 18.4 Å². The summed E-state index contributed by atoms with van der Waals surface area (Å²) in [5, 5.41) is 0. The van der Waals surface area contributed by atoms with Crippen LogP contribution in [-0.4, -0.2) is 18.7 Å². The Labute approximate surface area is 78.9 Å². The maximum atomic E-state index is 5.60. The molecule has 0 aliphatic heterocycles. The molecule has 72 valence electrons. The first kappa shape index (κ1) is 9.99. The molecular weight excluding hydrogens is 164 g/mol. The van der Waals surface area contributed by atoms with Crippen LogP contribution in [0.4, 0.5) is 5.69 Å². The average molecular weight is 180 g/mol. The predicted octanol–water partition coefficient (Wildman–Crippen LogP) is 1.63. The number of nitrogen functional groups attached to an aromatic ring is 1. The van der Waals surface area contributed by atoms with Crippen LogP contribution in [0.3, 0.4) is 0 Å². The summed E-state index contributed by atoms with van der Waals surface area (Å²) in [6, 6.07) is 1.97. The first-order chi connectivity index (χ1) is 6.33. The summed E-state index contributed by atoms with van der Waals surface area (Å²) in [7, 11) is 1.72. The summed E-state index contributed by atoms with van der Waals surface area (Å²) in [5.41, 5.74) is 7.55. The van der Waals surface area contributed by atoms with Crippen molar-refractivity contribution < 1.29 is 4.74 Å². The zero-order valence-electron chi connectivity index (χ0n) is 7.99. The molecule has 0 aliphatic rings. The molecule has 0 saturated heterocycles. The lowest BCUT2D eigenvalue weighted by Gasteiger charge is -2.01. The van der Waals surface area contributed by atoms with Crippen LogP contribution in [0, 0.1) is 0 Å². The maximum absolute atomic E-state index is 5.60. The number of hydrogen-bond donors (Lipinski definition) is 1. The van der Waals surface area contributed by atoms with Gasteiger partial charge < -0.3 is 10.5 Å². The number of nitrogens with zero attached hydrogens (tertiary/aromatic N) is 1. The lowest BCUT2D eigenvalue weighted by molar-refractivity contribution is 0.193. The van der Waals surface area contributed by atoms with Gasteiger partial charge in [-0.15, -0.1) is 0 Å². The average Bonchev–Trinajstić information content (AvgIpc) is 2.13. The SMILES string of the molecule is COCCCCc1cncc(N)c1. The summed E-state index contributed by atoms with van der Waals surface area (Å²) >= 11 is 0. The Morgan fingerprint density at radius 3 is 2.92 bits per heavy atom. The first-order valence-electron chi connectivity index (χ1n) is 4.51. The van der Waals surface area contributed by atoms with Gasteiger partial charge in [0.1, 0.15) is 0 Å². The minimum Gasteiger partial charge on any atom is -0.397 e. The van der Waals surface area contributed by atoms with E-state index in [1.54, 1.807) is 13.3 Å². The number of ether oxygens (including phenoxy) is 1. The van der Waals surface area contributed by atoms with Gasteiger partial charge >= 0.3 is 0 Å². The van der Waals surface area contributed by atoms with Crippen molar-refractivity contribution in [1.82, 2.24) is 4.98 Å². The quantitative estimate of drug-likeness (QED) is 0.701. The van der Waals surface area contributed by atoms with Gasteiger partial charge in [-0.2, -0.15) is 0 Å². The second-order valence-electron chi connectivity index (χ2n) is 3.08. The van der Waals surface area contributed by atoms with E-state index in [0.29, 0.717) is 0 Å². The lowest BCUT2D eigenvalue weighted by atomic mass is 10.1. The van der Waals surface area contributed by atoms with E-state index in [0.717, 1.165) is 31.6 Å². The van der Waals surface area contributed by atoms with Crippen molar-refractivity contribution in [3.63, 3.8) is 0 Å². The van der Waals surface area contributed by atoms with E-state index < -0.39 is 0 Å². The Morgan fingerprint density at radius 1 is 1.38 bits per heavy atom. The summed E-state index contributed by atoms with van der Waals surface area (Å²) < 4.78 is 4.96. The summed E-state index contributed by atoms with van der Waals surface area (Å²) in [4.78, 5) is 4.03. The fourth-order valence-corrected chi connectivity index (χ4v) is 1.22. The topological polar surface area (TPSA) is 48.1 Å². The highest BCUT2D eigenvalue weighted by atomic mass is 16.5. The van der Waals surface area contributed by atoms with E-state index in [2.05, 4.69) is 4.98 Å². The number of hydrogen-bond acceptors (Lipinski definition) is 3. The highest BCUT2D eigenvalue weighted by Crippen LogP contribution is 2.07. The molecule has 0 atom stereocenters. The number of pyridine rings is 1. The molecule has 0 unspecified atom stereocenters. The normalized spacial score (nSPS) is 10.2. The van der Waals surface area contributed by atoms with Crippen LogP contribution in [0.25, 0.3) is 0 Å². The number of aryl methyl sites for hydroxylation is 1. The van der Waals surface area contributed by atoms with E-state index >= 15 is 0 Å². The predicted molar refractivity (Wildman–Crippen MR) is 53.5 cm³/mol. The Hall–Kier alpha value is -1.09. The van der Waals surface area contributed by atoms with Crippen molar-refractivity contribution in [2.24, 2.45) is 0 Å². The largest absolute Gasteiger partial charge is 0.397 e. The van der Waals surface area contributed by atoms with Crippen molar-refractivity contribution >= 4 is 5.69 Å². The van der Waals surface area contributed by atoms with Gasteiger partial charge in [-0.1, -0.05) is 0 Å². The molecule has 0 aliphatic carbocycles. The molecule has 0 saturated carbocycles. The van der Waals surface area contributed by atoms with E-state index in [4.69, 9.17) is 10.5 Å². The van der Waals surface area contributed by atoms with Gasteiger partial charge in [0.05, 0.1) is 5.69 Å². The molecule has 13 heavy (non-hydrogen) atoms. The molecule has 0 amide bonds. The van der Waals surface area contributed by atoms with Gasteiger partial charge in [0.15, 0.2) is 0 Å². The maximum Gasteiger partial charge on any atom is 0.0503 e. The van der Waals surface area contributed by atoms with Crippen molar-refractivity contribution in [2.45, 2.75) is 19.3 Å². The molecule has 0 bridgehead atoms. The van der Waals surface area contributed by atoms with E-state index in [1.165, 1.54) is 5.56 Å². The zero-order valence-corrected chi connectivity index (χ0v) is 7.99. The summed E-state index contributed by atoms with van der Waals surface area (Å²) in [6.45, 7) is 0.829. The number of unbranched alkanes of at least 4 members (excludes halogenated alkanes) is 1. The number of rotatable bonds is 5. The van der Waals surface area contributed by atoms with E-state index in [9.17, 15) is 0 Å². The summed E-state index contributed by atoms with van der Waals surface area (Å²) in [6.07, 6.45) is 6.77. The monoisotopic (exact) mass is 180 g/mol. The van der Waals surface area contributed by atoms with Crippen molar-refractivity contribution in [2.75, 3.05) is 19.5 Å². The molecule has 3 heteroatoms. The number of anilines is 1. The third-order valence-corrected chi connectivity index (χ3v) is 1.88. The van der Waals surface area contributed by atoms with Gasteiger partial charge in [0.25, 0.3) is 0 Å². The first-order valence-corrected chi connectivity index (χ1v) is 4.51. The molecule has 0 fully saturated rings. The van der Waals surface area contributed by atoms with Gasteiger partial charge in [-0.25, -0.2) is 0 Å². The fraction of sp³-hybridized carbons (Fsp3) is 0.500. The molecule has 1 aromatic rings. The van der Waals surface area contributed by atoms with E-state index in [1.807, 2.05) is 12.3 Å². The molecule has 1 heterocycles. The third kappa shape index (κ3) is 3.90. The number of methoxy groups -OCH3 is 1. The van der Waals surface area contributed by atoms with Crippen LogP contribution < -0.4 is 5.73 Å². The van der Waals surface area contributed by atoms with Crippen molar-refractivity contribution in [3.05, 3.63) is 24.0 Å². The second kappa shape index (κ2) is 5.54. The number of nitrogens with two attached hydrogens (primary N) is 1. The van der Waals surface area contributed by atoms with Crippen LogP contribution in [0.15, 0.2) is 18.5 Å². The Morgan fingerprint density at radius 2 is 2.23 bits per heavy atom. The number of aromatic nitrogens is 1. The van der Waals surface area contributed by atoms with Crippen LogP contribution >= 0.6 is 0 Å². The Bertz CT molecular complexity index is 250. The van der Waals surface area contributed by atoms with Gasteiger partial charge in [0.2, 0.25) is 0 Å². The fourth-order valence-electron chi connectivity index (χ4n) is 1.22. The highest BCUT2D eigenvalue weighted by Gasteiger charge is 1.94. The summed E-state index contributed by atoms with van der Waals surface area (Å²) in [5.74, 6) is 0. The van der Waals surface area contributed by atoms with Gasteiger partial charge in [-0.05, 0) is 30.9 Å². The molecule has 1 rings (SSSR count). The van der Waals surface area contributed by atoms with Gasteiger partial charge in [0, 0.05) is 26.1 Å². The lowest BCUT2D eigenvalue weighted by Crippen LogP contribution is -1.94. The van der Waals surface area contributed by atoms with Gasteiger partial charge in [-0.3, -0.25) is 4.98 Å². The molecule has 1 aromatic heterocycles. The highest BCUT2D eigenvalue weighted by molar-refractivity contribution is 5.36.